The van der Waals surface area contributed by atoms with Gasteiger partial charge in [0.2, 0.25) is 5.89 Å². The SMILES string of the molecule is CCNC(=NCc1nc(C)no1)NC1CCN(c2c(F)cccc2F)C1.I. The maximum Gasteiger partial charge on any atom is 0.248 e. The molecule has 2 heterocycles. The van der Waals surface area contributed by atoms with Gasteiger partial charge in [0.05, 0.1) is 0 Å². The molecule has 0 aliphatic carbocycles. The zero-order chi connectivity index (χ0) is 18.5. The van der Waals surface area contributed by atoms with Crippen molar-refractivity contribution in [2.45, 2.75) is 32.9 Å². The molecule has 1 unspecified atom stereocenters. The summed E-state index contributed by atoms with van der Waals surface area (Å²) in [5.41, 5.74) is 0.0278. The molecule has 0 spiro atoms. The van der Waals surface area contributed by atoms with Crippen LogP contribution in [0, 0.1) is 18.6 Å². The fraction of sp³-hybridized carbons (Fsp3) is 0.471. The highest BCUT2D eigenvalue weighted by atomic mass is 127. The Bertz CT molecular complexity index is 764. The van der Waals surface area contributed by atoms with Crippen LogP contribution in [0.3, 0.4) is 0 Å². The van der Waals surface area contributed by atoms with Crippen LogP contribution in [0.5, 0.6) is 0 Å². The number of hydrogen-bond donors (Lipinski definition) is 2. The number of aromatic nitrogens is 2. The molecule has 1 aromatic heterocycles. The number of benzene rings is 1. The summed E-state index contributed by atoms with van der Waals surface area (Å²) in [5.74, 6) is 0.507. The molecule has 1 aliphatic heterocycles. The van der Waals surface area contributed by atoms with Crippen LogP contribution >= 0.6 is 24.0 Å². The molecule has 1 aromatic carbocycles. The lowest BCUT2D eigenvalue weighted by Gasteiger charge is -2.21. The van der Waals surface area contributed by atoms with E-state index in [9.17, 15) is 8.78 Å². The molecule has 0 amide bonds. The van der Waals surface area contributed by atoms with Crippen molar-refractivity contribution in [3.63, 3.8) is 0 Å². The van der Waals surface area contributed by atoms with Crippen LogP contribution in [-0.4, -0.2) is 41.8 Å². The van der Waals surface area contributed by atoms with Crippen molar-refractivity contribution in [3.05, 3.63) is 41.5 Å². The fourth-order valence-corrected chi connectivity index (χ4v) is 2.94. The first kappa shape index (κ1) is 21.3. The Morgan fingerprint density at radius 1 is 1.37 bits per heavy atom. The van der Waals surface area contributed by atoms with E-state index >= 15 is 0 Å². The van der Waals surface area contributed by atoms with Gasteiger partial charge in [0.1, 0.15) is 23.9 Å². The Morgan fingerprint density at radius 2 is 2.11 bits per heavy atom. The molecule has 0 radical (unpaired) electrons. The zero-order valence-corrected chi connectivity index (χ0v) is 17.5. The number of para-hydroxylation sites is 1. The number of nitrogens with one attached hydrogen (secondary N) is 2. The summed E-state index contributed by atoms with van der Waals surface area (Å²) in [7, 11) is 0. The van der Waals surface area contributed by atoms with E-state index in [2.05, 4.69) is 25.8 Å². The summed E-state index contributed by atoms with van der Waals surface area (Å²) in [6.07, 6.45) is 0.748. The average Bonchev–Trinajstić information content (AvgIpc) is 3.22. The van der Waals surface area contributed by atoms with E-state index in [1.54, 1.807) is 11.8 Å². The molecule has 3 rings (SSSR count). The molecule has 1 aliphatic rings. The van der Waals surface area contributed by atoms with Crippen molar-refractivity contribution < 1.29 is 13.3 Å². The number of nitrogens with zero attached hydrogens (tertiary/aromatic N) is 4. The second kappa shape index (κ2) is 9.81. The second-order valence-corrected chi connectivity index (χ2v) is 6.08. The van der Waals surface area contributed by atoms with Crippen molar-refractivity contribution in [1.29, 1.82) is 0 Å². The van der Waals surface area contributed by atoms with Gasteiger partial charge in [-0.05, 0) is 32.4 Å². The predicted molar refractivity (Wildman–Crippen MR) is 109 cm³/mol. The van der Waals surface area contributed by atoms with Gasteiger partial charge >= 0.3 is 0 Å². The Kier molecular flexibility index (Phi) is 7.75. The number of hydrogen-bond acceptors (Lipinski definition) is 5. The normalized spacial score (nSPS) is 17.0. The summed E-state index contributed by atoms with van der Waals surface area (Å²) in [6.45, 7) is 5.71. The molecular formula is C17H23F2IN6O. The maximum atomic E-state index is 14.0. The van der Waals surface area contributed by atoms with Crippen molar-refractivity contribution >= 4 is 35.6 Å². The number of rotatable bonds is 5. The van der Waals surface area contributed by atoms with Gasteiger partial charge in [-0.3, -0.25) is 0 Å². The lowest BCUT2D eigenvalue weighted by Crippen LogP contribution is -2.44. The lowest BCUT2D eigenvalue weighted by atomic mass is 10.2. The summed E-state index contributed by atoms with van der Waals surface area (Å²) >= 11 is 0. The second-order valence-electron chi connectivity index (χ2n) is 6.08. The molecule has 148 valence electrons. The van der Waals surface area contributed by atoms with Crippen molar-refractivity contribution in [2.75, 3.05) is 24.5 Å². The Labute approximate surface area is 173 Å². The van der Waals surface area contributed by atoms with Crippen LogP contribution in [0.2, 0.25) is 0 Å². The number of halogens is 3. The summed E-state index contributed by atoms with van der Waals surface area (Å²) in [5, 5.41) is 10.2. The van der Waals surface area contributed by atoms with Crippen LogP contribution in [0.15, 0.2) is 27.7 Å². The smallest absolute Gasteiger partial charge is 0.248 e. The number of anilines is 1. The topological polar surface area (TPSA) is 78.6 Å². The van der Waals surface area contributed by atoms with Crippen molar-refractivity contribution in [2.24, 2.45) is 4.99 Å². The highest BCUT2D eigenvalue weighted by Gasteiger charge is 2.27. The van der Waals surface area contributed by atoms with E-state index in [0.29, 0.717) is 37.3 Å². The molecule has 0 bridgehead atoms. The van der Waals surface area contributed by atoms with Crippen LogP contribution in [0.4, 0.5) is 14.5 Å². The van der Waals surface area contributed by atoms with E-state index in [0.717, 1.165) is 6.42 Å². The van der Waals surface area contributed by atoms with E-state index in [4.69, 9.17) is 4.52 Å². The summed E-state index contributed by atoms with van der Waals surface area (Å²) < 4.78 is 33.0. The maximum absolute atomic E-state index is 14.0. The Hall–Kier alpha value is -1.98. The van der Waals surface area contributed by atoms with Gasteiger partial charge in [0.15, 0.2) is 11.8 Å². The van der Waals surface area contributed by atoms with Gasteiger partial charge in [0, 0.05) is 25.7 Å². The minimum atomic E-state index is -0.544. The third kappa shape index (κ3) is 5.50. The van der Waals surface area contributed by atoms with E-state index in [-0.39, 0.29) is 42.3 Å². The average molecular weight is 492 g/mol. The predicted octanol–water partition coefficient (Wildman–Crippen LogP) is 2.61. The highest BCUT2D eigenvalue weighted by molar-refractivity contribution is 14.0. The van der Waals surface area contributed by atoms with Crippen LogP contribution in [0.1, 0.15) is 25.1 Å². The summed E-state index contributed by atoms with van der Waals surface area (Å²) in [4.78, 5) is 10.3. The lowest BCUT2D eigenvalue weighted by molar-refractivity contribution is 0.376. The standard InChI is InChI=1S/C17H22F2N6O.HI/c1-3-20-17(21-9-15-22-11(2)24-26-15)23-12-7-8-25(10-12)16-13(18)5-4-6-14(16)19;/h4-6,12H,3,7-10H2,1-2H3,(H2,20,21,23);1H. The van der Waals surface area contributed by atoms with E-state index in [1.165, 1.54) is 18.2 Å². The molecule has 2 aromatic rings. The highest BCUT2D eigenvalue weighted by Crippen LogP contribution is 2.26. The third-order valence-electron chi connectivity index (χ3n) is 4.07. The van der Waals surface area contributed by atoms with Crippen molar-refractivity contribution in [1.82, 2.24) is 20.8 Å². The molecule has 1 atom stereocenters. The molecule has 7 nitrogen and oxygen atoms in total. The zero-order valence-electron chi connectivity index (χ0n) is 15.2. The first-order chi connectivity index (χ1) is 12.6. The molecule has 27 heavy (non-hydrogen) atoms. The van der Waals surface area contributed by atoms with Crippen LogP contribution in [-0.2, 0) is 6.54 Å². The van der Waals surface area contributed by atoms with Crippen molar-refractivity contribution in [3.8, 4) is 0 Å². The van der Waals surface area contributed by atoms with E-state index < -0.39 is 11.6 Å². The molecule has 1 fully saturated rings. The van der Waals surface area contributed by atoms with Crippen LogP contribution < -0.4 is 15.5 Å². The Morgan fingerprint density at radius 3 is 2.74 bits per heavy atom. The minimum absolute atomic E-state index is 0. The molecule has 2 N–H and O–H groups in total. The van der Waals surface area contributed by atoms with Gasteiger partial charge < -0.3 is 20.1 Å². The largest absolute Gasteiger partial charge is 0.365 e. The number of aryl methyl sites for hydroxylation is 1. The molecule has 0 saturated carbocycles. The van der Waals surface area contributed by atoms with E-state index in [1.807, 2.05) is 6.92 Å². The van der Waals surface area contributed by atoms with Gasteiger partial charge in [-0.1, -0.05) is 11.2 Å². The monoisotopic (exact) mass is 492 g/mol. The van der Waals surface area contributed by atoms with Gasteiger partial charge in [-0.15, -0.1) is 24.0 Å². The van der Waals surface area contributed by atoms with Gasteiger partial charge in [-0.25, -0.2) is 13.8 Å². The quantitative estimate of drug-likeness (QED) is 0.380. The summed E-state index contributed by atoms with van der Waals surface area (Å²) in [6, 6.07) is 3.94. The first-order valence-electron chi connectivity index (χ1n) is 8.59. The molecule has 10 heteroatoms. The Balaban J connectivity index is 0.00000261. The third-order valence-corrected chi connectivity index (χ3v) is 4.07. The van der Waals surface area contributed by atoms with Crippen LogP contribution in [0.25, 0.3) is 0 Å². The molecular weight excluding hydrogens is 469 g/mol. The van der Waals surface area contributed by atoms with Gasteiger partial charge in [-0.2, -0.15) is 4.98 Å². The number of guanidine groups is 1. The minimum Gasteiger partial charge on any atom is -0.365 e. The molecule has 1 saturated heterocycles. The first-order valence-corrected chi connectivity index (χ1v) is 8.59. The number of aliphatic imine (C=N–C) groups is 1. The van der Waals surface area contributed by atoms with Gasteiger partial charge in [0.25, 0.3) is 0 Å². The fourth-order valence-electron chi connectivity index (χ4n) is 2.94.